The normalized spacial score (nSPS) is 13.8. The maximum absolute atomic E-state index is 14.5. The lowest BCUT2D eigenvalue weighted by molar-refractivity contribution is -0.141. The number of pyridine rings is 2. The van der Waals surface area contributed by atoms with Crippen molar-refractivity contribution in [3.05, 3.63) is 81.1 Å². The number of hydrogen-bond acceptors (Lipinski definition) is 5. The van der Waals surface area contributed by atoms with Crippen LogP contribution in [0.2, 0.25) is 5.02 Å². The molecule has 1 aromatic carbocycles. The Morgan fingerprint density at radius 2 is 1.92 bits per heavy atom. The number of carbonyl (C=O) groups is 1. The van der Waals surface area contributed by atoms with Gasteiger partial charge in [0.25, 0.3) is 11.5 Å². The molecule has 0 atom stereocenters. The first-order valence-electron chi connectivity index (χ1n) is 11.1. The fraction of sp³-hybridized carbons (Fsp3) is 0.250. The van der Waals surface area contributed by atoms with Crippen molar-refractivity contribution < 1.29 is 27.1 Å². The Balaban J connectivity index is 1.37. The molecule has 13 heteroatoms. The standard InChI is InChI=1S/C24H18ClF4N5O3/c1-13-11-33(12-30-13)16-4-5-17-22(35)32(6-7-34(17)23(16)36)8-9-37-18-10-19(24(27,28)29)31-21-14(25)2-3-15(26)20(18)21/h2-5,10-12H,6-9H2,1H3. The Hall–Kier alpha value is -3.93. The predicted octanol–water partition coefficient (Wildman–Crippen LogP) is 4.24. The second-order valence-electron chi connectivity index (χ2n) is 8.38. The van der Waals surface area contributed by atoms with Gasteiger partial charge < -0.3 is 18.8 Å². The zero-order valence-corrected chi connectivity index (χ0v) is 20.0. The van der Waals surface area contributed by atoms with Crippen molar-refractivity contribution in [2.75, 3.05) is 19.7 Å². The van der Waals surface area contributed by atoms with Crippen molar-refractivity contribution >= 4 is 28.4 Å². The molecule has 0 aliphatic carbocycles. The van der Waals surface area contributed by atoms with Crippen LogP contribution in [-0.4, -0.2) is 49.6 Å². The highest BCUT2D eigenvalue weighted by atomic mass is 35.5. The van der Waals surface area contributed by atoms with Crippen molar-refractivity contribution in [2.24, 2.45) is 0 Å². The molecule has 8 nitrogen and oxygen atoms in total. The molecule has 1 aliphatic rings. The number of halogens is 5. The molecule has 1 amide bonds. The van der Waals surface area contributed by atoms with Gasteiger partial charge in [-0.25, -0.2) is 14.4 Å². The van der Waals surface area contributed by atoms with Crippen LogP contribution in [-0.2, 0) is 12.7 Å². The molecule has 5 rings (SSSR count). The Bertz CT molecular complexity index is 1600. The number of benzene rings is 1. The smallest absolute Gasteiger partial charge is 0.433 e. The third kappa shape index (κ3) is 4.52. The second-order valence-corrected chi connectivity index (χ2v) is 8.79. The van der Waals surface area contributed by atoms with Crippen molar-refractivity contribution in [3.8, 4) is 11.4 Å². The molecule has 0 N–H and O–H groups in total. The fourth-order valence-corrected chi connectivity index (χ4v) is 4.38. The number of rotatable bonds is 5. The lowest BCUT2D eigenvalue weighted by atomic mass is 10.1. The highest BCUT2D eigenvalue weighted by molar-refractivity contribution is 6.35. The third-order valence-electron chi connectivity index (χ3n) is 5.98. The van der Waals surface area contributed by atoms with E-state index in [1.165, 1.54) is 27.9 Å². The van der Waals surface area contributed by atoms with E-state index in [9.17, 15) is 27.2 Å². The van der Waals surface area contributed by atoms with Crippen molar-refractivity contribution in [3.63, 3.8) is 0 Å². The largest absolute Gasteiger partial charge is 0.491 e. The highest BCUT2D eigenvalue weighted by Gasteiger charge is 2.34. The van der Waals surface area contributed by atoms with E-state index in [4.69, 9.17) is 16.3 Å². The molecular formula is C24H18ClF4N5O3. The number of alkyl halides is 3. The van der Waals surface area contributed by atoms with Gasteiger partial charge in [-0.05, 0) is 31.2 Å². The molecule has 4 heterocycles. The van der Waals surface area contributed by atoms with Crippen LogP contribution in [0.1, 0.15) is 21.9 Å². The van der Waals surface area contributed by atoms with Gasteiger partial charge in [-0.3, -0.25) is 9.59 Å². The van der Waals surface area contributed by atoms with Crippen LogP contribution >= 0.6 is 11.6 Å². The Kier molecular flexibility index (Phi) is 6.14. The van der Waals surface area contributed by atoms with Crippen LogP contribution in [0.4, 0.5) is 17.6 Å². The van der Waals surface area contributed by atoms with E-state index in [1.54, 1.807) is 17.7 Å². The van der Waals surface area contributed by atoms with Gasteiger partial charge in [-0.15, -0.1) is 0 Å². The molecule has 0 bridgehead atoms. The predicted molar refractivity (Wildman–Crippen MR) is 126 cm³/mol. The third-order valence-corrected chi connectivity index (χ3v) is 6.28. The lowest BCUT2D eigenvalue weighted by Crippen LogP contribution is -2.46. The van der Waals surface area contributed by atoms with Gasteiger partial charge in [-0.1, -0.05) is 11.6 Å². The summed E-state index contributed by atoms with van der Waals surface area (Å²) in [6, 6.07) is 5.79. The van der Waals surface area contributed by atoms with E-state index < -0.39 is 29.3 Å². The minimum Gasteiger partial charge on any atom is -0.491 e. The van der Waals surface area contributed by atoms with E-state index >= 15 is 0 Å². The molecular weight excluding hydrogens is 518 g/mol. The summed E-state index contributed by atoms with van der Waals surface area (Å²) in [6.45, 7) is 1.93. The van der Waals surface area contributed by atoms with Crippen LogP contribution in [0.15, 0.2) is 47.7 Å². The number of imidazole rings is 1. The molecule has 4 aromatic rings. The van der Waals surface area contributed by atoms with E-state index in [0.717, 1.165) is 17.8 Å². The Morgan fingerprint density at radius 1 is 1.14 bits per heavy atom. The number of hydrogen-bond donors (Lipinski definition) is 0. The van der Waals surface area contributed by atoms with Gasteiger partial charge in [0.1, 0.15) is 35.2 Å². The lowest BCUT2D eigenvalue weighted by Gasteiger charge is -2.29. The molecule has 1 aliphatic heterocycles. The van der Waals surface area contributed by atoms with Crippen molar-refractivity contribution in [2.45, 2.75) is 19.6 Å². The van der Waals surface area contributed by atoms with Crippen molar-refractivity contribution in [1.29, 1.82) is 0 Å². The fourth-order valence-electron chi connectivity index (χ4n) is 4.18. The molecule has 0 saturated heterocycles. The minimum atomic E-state index is -4.81. The van der Waals surface area contributed by atoms with Crippen LogP contribution in [0.5, 0.6) is 5.75 Å². The zero-order valence-electron chi connectivity index (χ0n) is 19.2. The summed E-state index contributed by atoms with van der Waals surface area (Å²) in [5.41, 5.74) is -0.764. The monoisotopic (exact) mass is 535 g/mol. The summed E-state index contributed by atoms with van der Waals surface area (Å²) < 4.78 is 63.1. The van der Waals surface area contributed by atoms with E-state index in [2.05, 4.69) is 9.97 Å². The number of amides is 1. The molecule has 0 unspecified atom stereocenters. The number of nitrogens with zero attached hydrogens (tertiary/aromatic N) is 5. The average molecular weight is 536 g/mol. The van der Waals surface area contributed by atoms with E-state index in [1.807, 2.05) is 0 Å². The van der Waals surface area contributed by atoms with Crippen LogP contribution in [0, 0.1) is 12.7 Å². The number of carbonyl (C=O) groups excluding carboxylic acids is 1. The summed E-state index contributed by atoms with van der Waals surface area (Å²) in [4.78, 5) is 34.9. The molecule has 0 fully saturated rings. The SMILES string of the molecule is Cc1cn(-c2ccc3n(c2=O)CCN(CCOc2cc(C(F)(F)F)nc4c(Cl)ccc(F)c24)C3=O)cn1. The molecule has 3 aromatic heterocycles. The van der Waals surface area contributed by atoms with Gasteiger partial charge in [-0.2, -0.15) is 13.2 Å². The number of aryl methyl sites for hydroxylation is 1. The maximum Gasteiger partial charge on any atom is 0.433 e. The van der Waals surface area contributed by atoms with Gasteiger partial charge >= 0.3 is 6.18 Å². The number of fused-ring (bicyclic) bond motifs is 2. The highest BCUT2D eigenvalue weighted by Crippen LogP contribution is 2.37. The topological polar surface area (TPSA) is 82.3 Å². The van der Waals surface area contributed by atoms with Gasteiger partial charge in [0, 0.05) is 25.4 Å². The zero-order chi connectivity index (χ0) is 26.5. The van der Waals surface area contributed by atoms with Gasteiger partial charge in [0.15, 0.2) is 0 Å². The van der Waals surface area contributed by atoms with Gasteiger partial charge in [0.2, 0.25) is 0 Å². The van der Waals surface area contributed by atoms with Crippen LogP contribution in [0.3, 0.4) is 0 Å². The molecule has 0 saturated carbocycles. The van der Waals surface area contributed by atoms with E-state index in [-0.39, 0.29) is 53.4 Å². The van der Waals surface area contributed by atoms with Crippen LogP contribution in [0.25, 0.3) is 16.6 Å². The minimum absolute atomic E-state index is 0.0111. The molecule has 0 radical (unpaired) electrons. The van der Waals surface area contributed by atoms with Crippen molar-refractivity contribution in [1.82, 2.24) is 24.0 Å². The summed E-state index contributed by atoms with van der Waals surface area (Å²) >= 11 is 5.97. The van der Waals surface area contributed by atoms with Crippen LogP contribution < -0.4 is 10.3 Å². The second kappa shape index (κ2) is 9.18. The summed E-state index contributed by atoms with van der Waals surface area (Å²) in [5, 5.41) is -0.449. The number of ether oxygens (including phenoxy) is 1. The molecule has 192 valence electrons. The quantitative estimate of drug-likeness (QED) is 0.357. The first-order chi connectivity index (χ1) is 17.5. The molecule has 37 heavy (non-hydrogen) atoms. The summed E-state index contributed by atoms with van der Waals surface area (Å²) in [5.74, 6) is -1.68. The molecule has 0 spiro atoms. The Labute approximate surface area is 211 Å². The summed E-state index contributed by atoms with van der Waals surface area (Å²) in [6.07, 6.45) is -1.60. The Morgan fingerprint density at radius 3 is 2.62 bits per heavy atom. The van der Waals surface area contributed by atoms with Gasteiger partial charge in [0.05, 0.1) is 34.5 Å². The average Bonchev–Trinajstić information content (AvgIpc) is 3.28. The van der Waals surface area contributed by atoms with E-state index in [0.29, 0.717) is 11.8 Å². The first kappa shape index (κ1) is 24.8. The summed E-state index contributed by atoms with van der Waals surface area (Å²) in [7, 11) is 0. The first-order valence-corrected chi connectivity index (χ1v) is 11.4. The number of aromatic nitrogens is 4. The maximum atomic E-state index is 14.5.